The van der Waals surface area contributed by atoms with Crippen molar-refractivity contribution in [3.05, 3.63) is 29.8 Å². The predicted octanol–water partition coefficient (Wildman–Crippen LogP) is 3.05. The highest BCUT2D eigenvalue weighted by molar-refractivity contribution is 5.89. The van der Waals surface area contributed by atoms with Gasteiger partial charge in [0.15, 0.2) is 0 Å². The lowest BCUT2D eigenvalue weighted by Gasteiger charge is -2.22. The second-order valence-corrected chi connectivity index (χ2v) is 5.07. The number of benzene rings is 1. The Hall–Kier alpha value is -1.76. The number of hydrogen-bond donors (Lipinski definition) is 2. The van der Waals surface area contributed by atoms with E-state index in [2.05, 4.69) is 5.32 Å². The Kier molecular flexibility index (Phi) is 4.72. The molecule has 2 rings (SSSR count). The monoisotopic (exact) mass is 301 g/mol. The fraction of sp³-hybridized carbons (Fsp3) is 0.500. The van der Waals surface area contributed by atoms with E-state index < -0.39 is 11.7 Å². The van der Waals surface area contributed by atoms with Crippen molar-refractivity contribution in [1.82, 2.24) is 4.90 Å². The standard InChI is InChI=1S/C14H18F3N3O/c15-14(16,17)10-2-4-11(5-3-10)19-13(21)20(9-1-8-18)12-6-7-12/h2-5,12H,1,6-9,18H2,(H,19,21). The van der Waals surface area contributed by atoms with Gasteiger partial charge < -0.3 is 16.0 Å². The van der Waals surface area contributed by atoms with Crippen LogP contribution in [0.5, 0.6) is 0 Å². The average Bonchev–Trinajstić information content (AvgIpc) is 3.23. The van der Waals surface area contributed by atoms with E-state index in [0.717, 1.165) is 25.0 Å². The zero-order valence-electron chi connectivity index (χ0n) is 11.5. The Morgan fingerprint density at radius 3 is 2.38 bits per heavy atom. The second kappa shape index (κ2) is 6.34. The first-order valence-electron chi connectivity index (χ1n) is 6.87. The van der Waals surface area contributed by atoms with Crippen LogP contribution in [0.3, 0.4) is 0 Å². The smallest absolute Gasteiger partial charge is 0.330 e. The molecule has 3 N–H and O–H groups in total. The maximum Gasteiger partial charge on any atom is 0.416 e. The Balaban J connectivity index is 1.97. The van der Waals surface area contributed by atoms with Gasteiger partial charge in [-0.2, -0.15) is 13.2 Å². The molecule has 0 heterocycles. The average molecular weight is 301 g/mol. The molecule has 1 aliphatic carbocycles. The lowest BCUT2D eigenvalue weighted by atomic mass is 10.2. The Bertz CT molecular complexity index is 483. The maximum atomic E-state index is 12.5. The molecule has 1 aliphatic rings. The molecule has 0 unspecified atom stereocenters. The van der Waals surface area contributed by atoms with Crippen molar-refractivity contribution in [3.8, 4) is 0 Å². The van der Waals surface area contributed by atoms with Crippen molar-refractivity contribution in [2.75, 3.05) is 18.4 Å². The number of alkyl halides is 3. The summed E-state index contributed by atoms with van der Waals surface area (Å²) in [5, 5.41) is 2.63. The first kappa shape index (κ1) is 15.6. The molecule has 0 atom stereocenters. The van der Waals surface area contributed by atoms with Crippen molar-refractivity contribution in [1.29, 1.82) is 0 Å². The van der Waals surface area contributed by atoms with Crippen molar-refractivity contribution in [2.24, 2.45) is 5.73 Å². The first-order chi connectivity index (χ1) is 9.91. The number of halogens is 3. The fourth-order valence-corrected chi connectivity index (χ4v) is 2.04. The van der Waals surface area contributed by atoms with Crippen LogP contribution >= 0.6 is 0 Å². The van der Waals surface area contributed by atoms with Crippen LogP contribution in [0.25, 0.3) is 0 Å². The van der Waals surface area contributed by atoms with Gasteiger partial charge >= 0.3 is 12.2 Å². The van der Waals surface area contributed by atoms with Crippen LogP contribution in [-0.2, 0) is 6.18 Å². The van der Waals surface area contributed by atoms with Crippen molar-refractivity contribution in [2.45, 2.75) is 31.5 Å². The summed E-state index contributed by atoms with van der Waals surface area (Å²) in [6.45, 7) is 1.06. The van der Waals surface area contributed by atoms with E-state index in [1.54, 1.807) is 4.90 Å². The van der Waals surface area contributed by atoms with E-state index in [9.17, 15) is 18.0 Å². The number of nitrogens with two attached hydrogens (primary N) is 1. The Morgan fingerprint density at radius 2 is 1.90 bits per heavy atom. The first-order valence-corrected chi connectivity index (χ1v) is 6.87. The molecule has 116 valence electrons. The van der Waals surface area contributed by atoms with Gasteiger partial charge in [-0.05, 0) is 50.1 Å². The topological polar surface area (TPSA) is 58.4 Å². The minimum absolute atomic E-state index is 0.228. The van der Waals surface area contributed by atoms with Gasteiger partial charge in [0.05, 0.1) is 5.56 Å². The van der Waals surface area contributed by atoms with Crippen molar-refractivity contribution in [3.63, 3.8) is 0 Å². The zero-order valence-corrected chi connectivity index (χ0v) is 11.5. The molecule has 0 spiro atoms. The van der Waals surface area contributed by atoms with Gasteiger partial charge in [-0.1, -0.05) is 0 Å². The molecule has 0 saturated heterocycles. The summed E-state index contributed by atoms with van der Waals surface area (Å²) >= 11 is 0. The van der Waals surface area contributed by atoms with Crippen LogP contribution in [0.15, 0.2) is 24.3 Å². The van der Waals surface area contributed by atoms with E-state index in [-0.39, 0.29) is 12.1 Å². The molecule has 0 aliphatic heterocycles. The highest BCUT2D eigenvalue weighted by Gasteiger charge is 2.32. The van der Waals surface area contributed by atoms with Crippen LogP contribution < -0.4 is 11.1 Å². The number of anilines is 1. The summed E-state index contributed by atoms with van der Waals surface area (Å²) in [5.41, 5.74) is 5.06. The molecule has 4 nitrogen and oxygen atoms in total. The second-order valence-electron chi connectivity index (χ2n) is 5.07. The number of rotatable bonds is 5. The van der Waals surface area contributed by atoms with Gasteiger partial charge in [0, 0.05) is 18.3 Å². The number of amides is 2. The van der Waals surface area contributed by atoms with Crippen LogP contribution in [-0.4, -0.2) is 30.1 Å². The number of hydrogen-bond acceptors (Lipinski definition) is 2. The molecule has 1 fully saturated rings. The third kappa shape index (κ3) is 4.35. The van der Waals surface area contributed by atoms with Crippen LogP contribution in [0, 0.1) is 0 Å². The van der Waals surface area contributed by atoms with Gasteiger partial charge in [0.1, 0.15) is 0 Å². The van der Waals surface area contributed by atoms with E-state index in [4.69, 9.17) is 5.73 Å². The highest BCUT2D eigenvalue weighted by atomic mass is 19.4. The summed E-state index contributed by atoms with van der Waals surface area (Å²) in [6, 6.07) is 4.37. The van der Waals surface area contributed by atoms with Gasteiger partial charge in [-0.15, -0.1) is 0 Å². The van der Waals surface area contributed by atoms with Crippen molar-refractivity contribution >= 4 is 11.7 Å². The lowest BCUT2D eigenvalue weighted by molar-refractivity contribution is -0.137. The van der Waals surface area contributed by atoms with E-state index in [0.29, 0.717) is 25.2 Å². The SMILES string of the molecule is NCCCN(C(=O)Nc1ccc(C(F)(F)F)cc1)C1CC1. The maximum absolute atomic E-state index is 12.5. The lowest BCUT2D eigenvalue weighted by Crippen LogP contribution is -2.38. The molecule has 7 heteroatoms. The number of nitrogens with zero attached hydrogens (tertiary/aromatic N) is 1. The Labute approximate surface area is 121 Å². The van der Waals surface area contributed by atoms with E-state index >= 15 is 0 Å². The molecule has 0 bridgehead atoms. The van der Waals surface area contributed by atoms with Gasteiger partial charge in [0.2, 0.25) is 0 Å². The molecule has 21 heavy (non-hydrogen) atoms. The normalized spacial score (nSPS) is 14.9. The molecule has 1 aromatic carbocycles. The molecule has 2 amide bonds. The van der Waals surface area contributed by atoms with Gasteiger partial charge in [0.25, 0.3) is 0 Å². The number of urea groups is 1. The molecular weight excluding hydrogens is 283 g/mol. The predicted molar refractivity (Wildman–Crippen MR) is 73.9 cm³/mol. The summed E-state index contributed by atoms with van der Waals surface area (Å²) in [6.07, 6.45) is -1.74. The van der Waals surface area contributed by atoms with Crippen LogP contribution in [0.4, 0.5) is 23.7 Å². The minimum atomic E-state index is -4.37. The zero-order chi connectivity index (χ0) is 15.5. The third-order valence-electron chi connectivity index (χ3n) is 3.32. The van der Waals surface area contributed by atoms with E-state index in [1.807, 2.05) is 0 Å². The Morgan fingerprint density at radius 1 is 1.29 bits per heavy atom. The number of carbonyl (C=O) groups excluding carboxylic acids is 1. The molecule has 1 saturated carbocycles. The van der Waals surface area contributed by atoms with Crippen LogP contribution in [0.1, 0.15) is 24.8 Å². The van der Waals surface area contributed by atoms with E-state index in [1.165, 1.54) is 12.1 Å². The van der Waals surface area contributed by atoms with Gasteiger partial charge in [-0.25, -0.2) is 4.79 Å². The third-order valence-corrected chi connectivity index (χ3v) is 3.32. The fourth-order valence-electron chi connectivity index (χ4n) is 2.04. The highest BCUT2D eigenvalue weighted by Crippen LogP contribution is 2.30. The summed E-state index contributed by atoms with van der Waals surface area (Å²) in [7, 11) is 0. The molecule has 0 radical (unpaired) electrons. The number of carbonyl (C=O) groups is 1. The largest absolute Gasteiger partial charge is 0.416 e. The molecular formula is C14H18F3N3O. The summed E-state index contributed by atoms with van der Waals surface area (Å²) in [5.74, 6) is 0. The summed E-state index contributed by atoms with van der Waals surface area (Å²) < 4.78 is 37.4. The van der Waals surface area contributed by atoms with Crippen molar-refractivity contribution < 1.29 is 18.0 Å². The summed E-state index contributed by atoms with van der Waals surface area (Å²) in [4.78, 5) is 13.8. The number of nitrogens with one attached hydrogen (secondary N) is 1. The van der Waals surface area contributed by atoms with Crippen LogP contribution in [0.2, 0.25) is 0 Å². The molecule has 1 aromatic rings. The molecule has 0 aromatic heterocycles. The van der Waals surface area contributed by atoms with Gasteiger partial charge in [-0.3, -0.25) is 0 Å². The minimum Gasteiger partial charge on any atom is -0.330 e. The quantitative estimate of drug-likeness (QED) is 0.878.